The van der Waals surface area contributed by atoms with Crippen molar-refractivity contribution in [2.24, 2.45) is 5.16 Å². The summed E-state index contributed by atoms with van der Waals surface area (Å²) in [6.07, 6.45) is 1.29. The van der Waals surface area contributed by atoms with Gasteiger partial charge in [-0.05, 0) is 36.4 Å². The number of carbonyl (C=O) groups is 1. The molecule has 5 nitrogen and oxygen atoms in total. The second kappa shape index (κ2) is 9.15. The second-order valence-corrected chi connectivity index (χ2v) is 5.43. The number of hydrogen-bond acceptors (Lipinski definition) is 5. The lowest BCUT2D eigenvalue weighted by Gasteiger charge is -2.05. The molecule has 0 saturated carbocycles. The highest BCUT2D eigenvalue weighted by molar-refractivity contribution is 6.35. The van der Waals surface area contributed by atoms with Crippen molar-refractivity contribution in [3.63, 3.8) is 0 Å². The Morgan fingerprint density at radius 3 is 2.33 bits per heavy atom. The zero-order valence-corrected chi connectivity index (χ0v) is 14.4. The average molecular weight is 368 g/mol. The van der Waals surface area contributed by atoms with Crippen LogP contribution in [-0.4, -0.2) is 19.3 Å². The maximum Gasteiger partial charge on any atom is 0.316 e. The van der Waals surface area contributed by atoms with E-state index in [4.69, 9.17) is 37.5 Å². The van der Waals surface area contributed by atoms with E-state index in [1.54, 1.807) is 49.6 Å². The third kappa shape index (κ3) is 5.44. The van der Waals surface area contributed by atoms with Gasteiger partial charge >= 0.3 is 5.97 Å². The van der Waals surface area contributed by atoms with E-state index in [0.717, 1.165) is 0 Å². The standard InChI is InChI=1S/C17H15Cl2NO4/c1-22-12-5-7-13(8-6-12)24-17(21)9-10-20-23-11-14-15(18)3-2-4-16(14)19/h2-8,10H,9,11H2,1H3/b20-10-. The number of carbonyl (C=O) groups excluding carboxylic acids is 1. The third-order valence-corrected chi connectivity index (χ3v) is 3.68. The summed E-state index contributed by atoms with van der Waals surface area (Å²) in [5, 5.41) is 4.69. The summed E-state index contributed by atoms with van der Waals surface area (Å²) >= 11 is 12.0. The number of methoxy groups -OCH3 is 1. The fraction of sp³-hybridized carbons (Fsp3) is 0.176. The number of nitrogens with zero attached hydrogens (tertiary/aromatic N) is 1. The normalized spacial score (nSPS) is 10.6. The lowest BCUT2D eigenvalue weighted by Crippen LogP contribution is -2.08. The molecule has 2 aromatic rings. The number of esters is 1. The van der Waals surface area contributed by atoms with Crippen LogP contribution < -0.4 is 9.47 Å². The molecule has 0 heterocycles. The SMILES string of the molecule is COc1ccc(OC(=O)C/C=N\OCc2c(Cl)cccc2Cl)cc1. The number of ether oxygens (including phenoxy) is 2. The molecule has 2 aromatic carbocycles. The number of halogens is 2. The fourth-order valence-corrected chi connectivity index (χ4v) is 2.26. The summed E-state index contributed by atoms with van der Waals surface area (Å²) in [4.78, 5) is 16.8. The predicted octanol–water partition coefficient (Wildman–Crippen LogP) is 4.50. The van der Waals surface area contributed by atoms with Crippen molar-refractivity contribution >= 4 is 35.4 Å². The predicted molar refractivity (Wildman–Crippen MR) is 93.0 cm³/mol. The molecule has 0 aliphatic rings. The van der Waals surface area contributed by atoms with Crippen LogP contribution in [0.25, 0.3) is 0 Å². The molecule has 0 bridgehead atoms. The maximum absolute atomic E-state index is 11.7. The van der Waals surface area contributed by atoms with Crippen molar-refractivity contribution in [3.05, 3.63) is 58.1 Å². The van der Waals surface area contributed by atoms with Crippen molar-refractivity contribution in [3.8, 4) is 11.5 Å². The summed E-state index contributed by atoms with van der Waals surface area (Å²) in [6.45, 7) is 0.114. The first kappa shape index (κ1) is 18.1. The molecule has 126 valence electrons. The molecular formula is C17H15Cl2NO4. The molecule has 0 amide bonds. The number of oxime groups is 1. The summed E-state index contributed by atoms with van der Waals surface area (Å²) in [7, 11) is 1.56. The van der Waals surface area contributed by atoms with E-state index >= 15 is 0 Å². The van der Waals surface area contributed by atoms with Crippen LogP contribution in [0.1, 0.15) is 12.0 Å². The van der Waals surface area contributed by atoms with Crippen LogP contribution in [0.2, 0.25) is 10.0 Å². The molecule has 0 spiro atoms. The summed E-state index contributed by atoms with van der Waals surface area (Å²) < 4.78 is 10.2. The van der Waals surface area contributed by atoms with Gasteiger partial charge in [0.25, 0.3) is 0 Å². The van der Waals surface area contributed by atoms with Gasteiger partial charge in [0.2, 0.25) is 0 Å². The molecule has 24 heavy (non-hydrogen) atoms. The van der Waals surface area contributed by atoms with Crippen LogP contribution in [0, 0.1) is 0 Å². The van der Waals surface area contributed by atoms with Crippen LogP contribution in [-0.2, 0) is 16.2 Å². The fourth-order valence-electron chi connectivity index (χ4n) is 1.75. The highest BCUT2D eigenvalue weighted by Gasteiger charge is 2.06. The number of hydrogen-bond donors (Lipinski definition) is 0. The van der Waals surface area contributed by atoms with Gasteiger partial charge in [0, 0.05) is 15.6 Å². The Balaban J connectivity index is 1.76. The summed E-state index contributed by atoms with van der Waals surface area (Å²) in [5.74, 6) is 0.657. The lowest BCUT2D eigenvalue weighted by atomic mass is 10.2. The zero-order chi connectivity index (χ0) is 17.4. The minimum Gasteiger partial charge on any atom is -0.497 e. The van der Waals surface area contributed by atoms with Crippen molar-refractivity contribution in [2.75, 3.05) is 7.11 Å². The van der Waals surface area contributed by atoms with Gasteiger partial charge in [0.1, 0.15) is 18.1 Å². The topological polar surface area (TPSA) is 57.1 Å². The van der Waals surface area contributed by atoms with Gasteiger partial charge in [-0.15, -0.1) is 0 Å². The van der Waals surface area contributed by atoms with Crippen molar-refractivity contribution in [1.29, 1.82) is 0 Å². The van der Waals surface area contributed by atoms with Crippen LogP contribution in [0.5, 0.6) is 11.5 Å². The Morgan fingerprint density at radius 1 is 1.08 bits per heavy atom. The van der Waals surface area contributed by atoms with Crippen molar-refractivity contribution in [2.45, 2.75) is 13.0 Å². The molecule has 0 aliphatic heterocycles. The van der Waals surface area contributed by atoms with Gasteiger partial charge in [0.15, 0.2) is 0 Å². The van der Waals surface area contributed by atoms with Crippen LogP contribution >= 0.6 is 23.2 Å². The van der Waals surface area contributed by atoms with Crippen LogP contribution in [0.15, 0.2) is 47.6 Å². The molecule has 0 radical (unpaired) electrons. The maximum atomic E-state index is 11.7. The van der Waals surface area contributed by atoms with E-state index in [2.05, 4.69) is 5.16 Å². The first-order valence-electron chi connectivity index (χ1n) is 7.01. The van der Waals surface area contributed by atoms with E-state index in [1.807, 2.05) is 0 Å². The summed E-state index contributed by atoms with van der Waals surface area (Å²) in [6, 6.07) is 11.9. The highest BCUT2D eigenvalue weighted by atomic mass is 35.5. The van der Waals surface area contributed by atoms with E-state index < -0.39 is 5.97 Å². The second-order valence-electron chi connectivity index (χ2n) is 4.62. The molecule has 0 atom stereocenters. The Morgan fingerprint density at radius 2 is 1.71 bits per heavy atom. The zero-order valence-electron chi connectivity index (χ0n) is 12.9. The van der Waals surface area contributed by atoms with Gasteiger partial charge in [-0.1, -0.05) is 34.4 Å². The van der Waals surface area contributed by atoms with Crippen LogP contribution in [0.3, 0.4) is 0 Å². The Kier molecular flexibility index (Phi) is 6.90. The molecule has 0 fully saturated rings. The van der Waals surface area contributed by atoms with E-state index in [-0.39, 0.29) is 13.0 Å². The molecule has 2 rings (SSSR count). The van der Waals surface area contributed by atoms with Gasteiger partial charge in [-0.25, -0.2) is 0 Å². The molecule has 0 saturated heterocycles. The molecule has 0 aromatic heterocycles. The van der Waals surface area contributed by atoms with Gasteiger partial charge in [-0.3, -0.25) is 4.79 Å². The largest absolute Gasteiger partial charge is 0.497 e. The van der Waals surface area contributed by atoms with Crippen molar-refractivity contribution < 1.29 is 19.1 Å². The van der Waals surface area contributed by atoms with E-state index in [0.29, 0.717) is 27.1 Å². The summed E-state index contributed by atoms with van der Waals surface area (Å²) in [5.41, 5.74) is 0.638. The quantitative estimate of drug-likeness (QED) is 0.313. The lowest BCUT2D eigenvalue weighted by molar-refractivity contribution is -0.132. The molecule has 0 aliphatic carbocycles. The minimum absolute atomic E-state index is 0.0255. The smallest absolute Gasteiger partial charge is 0.316 e. The monoisotopic (exact) mass is 367 g/mol. The van der Waals surface area contributed by atoms with Crippen molar-refractivity contribution in [1.82, 2.24) is 0 Å². The number of rotatable bonds is 7. The van der Waals surface area contributed by atoms with E-state index in [1.165, 1.54) is 6.21 Å². The Bertz CT molecular complexity index is 697. The number of benzene rings is 2. The Hall–Kier alpha value is -2.24. The minimum atomic E-state index is -0.455. The molecule has 0 N–H and O–H groups in total. The Labute approximate surface area is 149 Å². The first-order valence-corrected chi connectivity index (χ1v) is 7.77. The van der Waals surface area contributed by atoms with Gasteiger partial charge < -0.3 is 14.3 Å². The third-order valence-electron chi connectivity index (χ3n) is 2.97. The average Bonchev–Trinajstić information content (AvgIpc) is 2.57. The van der Waals surface area contributed by atoms with E-state index in [9.17, 15) is 4.79 Å². The van der Waals surface area contributed by atoms with Crippen LogP contribution in [0.4, 0.5) is 0 Å². The first-order chi connectivity index (χ1) is 11.6. The molecule has 7 heteroatoms. The van der Waals surface area contributed by atoms with Gasteiger partial charge in [-0.2, -0.15) is 0 Å². The molecule has 0 unspecified atom stereocenters. The highest BCUT2D eigenvalue weighted by Crippen LogP contribution is 2.24. The molecular weight excluding hydrogens is 353 g/mol. The van der Waals surface area contributed by atoms with Gasteiger partial charge in [0.05, 0.1) is 19.7 Å².